The topological polar surface area (TPSA) is 102 Å². The summed E-state index contributed by atoms with van der Waals surface area (Å²) in [7, 11) is 1.23. The molecular weight excluding hydrogens is 571 g/mol. The molecule has 233 valence electrons. The Bertz CT molecular complexity index is 1480. The molecule has 1 N–H and O–H groups in total. The van der Waals surface area contributed by atoms with E-state index in [9.17, 15) is 4.79 Å². The number of pyridine rings is 1. The maximum Gasteiger partial charge on any atom is 0.330 e. The third kappa shape index (κ3) is 6.98. The zero-order valence-electron chi connectivity index (χ0n) is 27.0. The summed E-state index contributed by atoms with van der Waals surface area (Å²) in [5.41, 5.74) is 4.27. The SMILES string of the molecule is COc1cc(CN2CCOCC2)ccc1Nc1nccc(-c2cnc3c(c2)C(C)(CO[Si](C)(C)C(C)(C)C)CN3[B]C=O)n1. The van der Waals surface area contributed by atoms with Crippen LogP contribution < -0.4 is 14.9 Å². The number of hydrogen-bond donors (Lipinski definition) is 1. The highest BCUT2D eigenvalue weighted by Crippen LogP contribution is 2.43. The molecule has 10 nitrogen and oxygen atoms in total. The molecule has 2 aromatic heterocycles. The van der Waals surface area contributed by atoms with Crippen molar-refractivity contribution in [3.63, 3.8) is 0 Å². The van der Waals surface area contributed by atoms with Crippen LogP contribution >= 0.6 is 0 Å². The molecule has 12 heteroatoms. The van der Waals surface area contributed by atoms with Gasteiger partial charge in [-0.1, -0.05) is 33.8 Å². The van der Waals surface area contributed by atoms with E-state index >= 15 is 0 Å². The number of rotatable bonds is 11. The van der Waals surface area contributed by atoms with Crippen LogP contribution in [0.1, 0.15) is 38.8 Å². The van der Waals surface area contributed by atoms with Gasteiger partial charge in [0.15, 0.2) is 8.32 Å². The first kappa shape index (κ1) is 32.1. The van der Waals surface area contributed by atoms with E-state index in [0.29, 0.717) is 19.1 Å². The van der Waals surface area contributed by atoms with E-state index in [1.54, 1.807) is 26.9 Å². The molecule has 0 spiro atoms. The lowest BCUT2D eigenvalue weighted by Crippen LogP contribution is -2.46. The third-order valence-electron chi connectivity index (χ3n) is 9.08. The van der Waals surface area contributed by atoms with Crippen molar-refractivity contribution in [2.45, 2.75) is 57.8 Å². The van der Waals surface area contributed by atoms with E-state index in [-0.39, 0.29) is 10.5 Å². The Labute approximate surface area is 262 Å². The van der Waals surface area contributed by atoms with Crippen LogP contribution in [0.25, 0.3) is 11.3 Å². The highest BCUT2D eigenvalue weighted by Gasteiger charge is 2.44. The second-order valence-electron chi connectivity index (χ2n) is 13.4. The van der Waals surface area contributed by atoms with Crippen molar-refractivity contribution in [3.05, 3.63) is 53.9 Å². The number of fused-ring (bicyclic) bond motifs is 1. The average molecular weight is 616 g/mol. The van der Waals surface area contributed by atoms with Crippen molar-refractivity contribution in [1.29, 1.82) is 0 Å². The Balaban J connectivity index is 1.38. The number of morpholine rings is 1. The predicted molar refractivity (Wildman–Crippen MR) is 178 cm³/mol. The fraction of sp³-hybridized carbons (Fsp3) is 0.500. The summed E-state index contributed by atoms with van der Waals surface area (Å²) in [6.07, 6.45) is 4.35. The number of ether oxygens (including phenoxy) is 2. The first-order chi connectivity index (χ1) is 20.9. The molecule has 2 aliphatic heterocycles. The fourth-order valence-electron chi connectivity index (χ4n) is 5.34. The molecule has 0 aliphatic carbocycles. The van der Waals surface area contributed by atoms with Gasteiger partial charge in [-0.05, 0) is 48.0 Å². The van der Waals surface area contributed by atoms with Gasteiger partial charge in [0.1, 0.15) is 17.8 Å². The number of carbonyl (C=O) groups excluding carboxylic acids is 1. The smallest absolute Gasteiger partial charge is 0.330 e. The Morgan fingerprint density at radius 2 is 1.93 bits per heavy atom. The number of aromatic nitrogens is 3. The minimum atomic E-state index is -1.99. The summed E-state index contributed by atoms with van der Waals surface area (Å²) in [6.45, 7) is 18.8. The van der Waals surface area contributed by atoms with Crippen molar-refractivity contribution in [2.24, 2.45) is 0 Å². The lowest BCUT2D eigenvalue weighted by atomic mass is 9.85. The number of hydrogen-bond acceptors (Lipinski definition) is 10. The number of nitrogens with zero attached hydrogens (tertiary/aromatic N) is 5. The van der Waals surface area contributed by atoms with E-state index in [2.05, 4.69) is 74.2 Å². The van der Waals surface area contributed by atoms with Crippen molar-refractivity contribution in [3.8, 4) is 17.0 Å². The van der Waals surface area contributed by atoms with Crippen LogP contribution in [0.15, 0.2) is 42.7 Å². The Morgan fingerprint density at radius 1 is 1.16 bits per heavy atom. The molecule has 5 rings (SSSR count). The van der Waals surface area contributed by atoms with Gasteiger partial charge in [-0.3, -0.25) is 4.90 Å². The van der Waals surface area contributed by atoms with Gasteiger partial charge in [0.25, 0.3) is 0 Å². The van der Waals surface area contributed by atoms with Crippen LogP contribution in [-0.2, 0) is 25.9 Å². The zero-order valence-corrected chi connectivity index (χ0v) is 28.0. The Morgan fingerprint density at radius 3 is 2.64 bits per heavy atom. The lowest BCUT2D eigenvalue weighted by molar-refractivity contribution is 0.0342. The maximum atomic E-state index is 11.5. The summed E-state index contributed by atoms with van der Waals surface area (Å²) >= 11 is 0. The second-order valence-corrected chi connectivity index (χ2v) is 18.2. The number of anilines is 3. The highest BCUT2D eigenvalue weighted by atomic mass is 28.4. The Kier molecular flexibility index (Phi) is 9.45. The maximum absolute atomic E-state index is 11.5. The molecule has 1 radical (unpaired) electrons. The average Bonchev–Trinajstić information content (AvgIpc) is 3.28. The van der Waals surface area contributed by atoms with Crippen molar-refractivity contribution >= 4 is 39.4 Å². The summed E-state index contributed by atoms with van der Waals surface area (Å²) in [5, 5.41) is 3.43. The predicted octanol–water partition coefficient (Wildman–Crippen LogP) is 5.03. The molecule has 2 aliphatic rings. The molecular formula is C32H44BN6O4Si. The van der Waals surface area contributed by atoms with Gasteiger partial charge in [0.2, 0.25) is 5.95 Å². The van der Waals surface area contributed by atoms with Crippen molar-refractivity contribution in [2.75, 3.05) is 56.7 Å². The van der Waals surface area contributed by atoms with E-state index in [0.717, 1.165) is 73.1 Å². The van der Waals surface area contributed by atoms with Gasteiger partial charge in [-0.2, -0.15) is 0 Å². The van der Waals surface area contributed by atoms with Crippen LogP contribution in [0.2, 0.25) is 18.1 Å². The van der Waals surface area contributed by atoms with Crippen LogP contribution in [-0.4, -0.2) is 88.3 Å². The molecule has 1 saturated heterocycles. The van der Waals surface area contributed by atoms with Crippen LogP contribution in [0, 0.1) is 0 Å². The summed E-state index contributed by atoms with van der Waals surface area (Å²) in [6, 6.07) is 10.2. The second kappa shape index (κ2) is 13.0. The van der Waals surface area contributed by atoms with Gasteiger partial charge in [-0.25, -0.2) is 15.0 Å². The molecule has 1 fully saturated rings. The molecule has 0 amide bonds. The van der Waals surface area contributed by atoms with E-state index < -0.39 is 8.32 Å². The molecule has 4 heterocycles. The molecule has 0 bridgehead atoms. The van der Waals surface area contributed by atoms with Crippen molar-refractivity contribution in [1.82, 2.24) is 19.9 Å². The molecule has 0 saturated carbocycles. The molecule has 1 atom stereocenters. The van der Waals surface area contributed by atoms with Gasteiger partial charge < -0.3 is 28.8 Å². The molecule has 1 unspecified atom stereocenters. The normalized spacial score (nSPS) is 19.0. The Hall–Kier alpha value is -3.32. The van der Waals surface area contributed by atoms with Gasteiger partial charge >= 0.3 is 7.41 Å². The number of carbonyl (C=O) groups is 1. The third-order valence-corrected chi connectivity index (χ3v) is 13.6. The number of nitrogens with one attached hydrogen (secondary N) is 1. The quantitative estimate of drug-likeness (QED) is 0.233. The van der Waals surface area contributed by atoms with Crippen LogP contribution in [0.5, 0.6) is 5.75 Å². The lowest BCUT2D eigenvalue weighted by Gasteiger charge is -2.39. The van der Waals surface area contributed by atoms with Crippen LogP contribution in [0.4, 0.5) is 17.5 Å². The first-order valence-electron chi connectivity index (χ1n) is 15.2. The fourth-order valence-corrected chi connectivity index (χ4v) is 6.45. The summed E-state index contributed by atoms with van der Waals surface area (Å²) in [5.74, 6) is 1.96. The molecule has 44 heavy (non-hydrogen) atoms. The van der Waals surface area contributed by atoms with E-state index in [4.69, 9.17) is 23.9 Å². The van der Waals surface area contributed by atoms with Gasteiger partial charge in [-0.15, -0.1) is 0 Å². The van der Waals surface area contributed by atoms with Crippen molar-refractivity contribution < 1.29 is 18.7 Å². The molecule has 3 aromatic rings. The standard InChI is InChI=1S/C32H44BN6O4Si/c1-31(2,3)44(6,7)43-21-32(4)20-39(33-22-40)29-25(32)17-24(18-35-29)26-10-11-34-30(36-26)37-27-9-8-23(16-28(27)41-5)19-38-12-14-42-15-13-38/h8-11,16-18,22H,12-15,19-21H2,1-7H3,(H,34,36,37). The minimum Gasteiger partial charge on any atom is -0.495 e. The number of methoxy groups -OCH3 is 1. The number of benzene rings is 1. The van der Waals surface area contributed by atoms with Gasteiger partial charge in [0.05, 0.1) is 31.7 Å². The van der Waals surface area contributed by atoms with E-state index in [1.165, 1.54) is 5.56 Å². The monoisotopic (exact) mass is 615 g/mol. The largest absolute Gasteiger partial charge is 0.495 e. The summed E-state index contributed by atoms with van der Waals surface area (Å²) < 4.78 is 17.9. The summed E-state index contributed by atoms with van der Waals surface area (Å²) in [4.78, 5) is 29.9. The van der Waals surface area contributed by atoms with E-state index in [1.807, 2.05) is 16.9 Å². The van der Waals surface area contributed by atoms with Gasteiger partial charge in [0, 0.05) is 61.7 Å². The first-order valence-corrected chi connectivity index (χ1v) is 18.1. The minimum absolute atomic E-state index is 0.0929. The highest BCUT2D eigenvalue weighted by molar-refractivity contribution is 6.74. The molecule has 1 aromatic carbocycles. The van der Waals surface area contributed by atoms with Crippen LogP contribution in [0.3, 0.4) is 0 Å². The zero-order chi connectivity index (χ0) is 31.5.